The molecule has 1 aliphatic heterocycles. The van der Waals surface area contributed by atoms with Gasteiger partial charge in [-0.25, -0.2) is 4.98 Å². The van der Waals surface area contributed by atoms with E-state index in [0.29, 0.717) is 29.7 Å². The largest absolute Gasteiger partial charge is 0.486 e. The highest BCUT2D eigenvalue weighted by molar-refractivity contribution is 8.01. The van der Waals surface area contributed by atoms with Crippen molar-refractivity contribution in [2.45, 2.75) is 10.4 Å². The van der Waals surface area contributed by atoms with Gasteiger partial charge in [-0.1, -0.05) is 35.5 Å². The predicted octanol–water partition coefficient (Wildman–Crippen LogP) is 4.00. The normalized spacial score (nSPS) is 15.8. The van der Waals surface area contributed by atoms with Crippen LogP contribution in [0.15, 0.2) is 46.8 Å². The van der Waals surface area contributed by atoms with Gasteiger partial charge >= 0.3 is 0 Å². The highest BCUT2D eigenvalue weighted by atomic mass is 35.5. The van der Waals surface area contributed by atoms with Crippen LogP contribution in [0.1, 0.15) is 0 Å². The number of benzene rings is 2. The SMILES string of the molecule is O=C(CSc1nc2cc(Cl)ccc2s1)NC[C@H]1COc2ccccc2O1. The van der Waals surface area contributed by atoms with Crippen molar-refractivity contribution in [1.82, 2.24) is 10.3 Å². The molecule has 1 atom stereocenters. The van der Waals surface area contributed by atoms with Crippen LogP contribution in [0.4, 0.5) is 0 Å². The van der Waals surface area contributed by atoms with Gasteiger partial charge in [-0.05, 0) is 30.3 Å². The summed E-state index contributed by atoms with van der Waals surface area (Å²) < 4.78 is 13.4. The number of hydrogen-bond donors (Lipinski definition) is 1. The van der Waals surface area contributed by atoms with Gasteiger partial charge < -0.3 is 14.8 Å². The van der Waals surface area contributed by atoms with Gasteiger partial charge in [0, 0.05) is 5.02 Å². The summed E-state index contributed by atoms with van der Waals surface area (Å²) >= 11 is 8.94. The number of fused-ring (bicyclic) bond motifs is 2. The Balaban J connectivity index is 1.26. The Morgan fingerprint density at radius 1 is 1.31 bits per heavy atom. The number of amides is 1. The standard InChI is InChI=1S/C18H15ClN2O3S2/c19-11-5-6-16-13(7-11)21-18(26-16)25-10-17(22)20-8-12-9-23-14-3-1-2-4-15(14)24-12/h1-7,12H,8-10H2,(H,20,22)/t12-/m0/s1. The van der Waals surface area contributed by atoms with E-state index in [-0.39, 0.29) is 12.0 Å². The van der Waals surface area contributed by atoms with Gasteiger partial charge in [-0.2, -0.15) is 0 Å². The number of nitrogens with one attached hydrogen (secondary N) is 1. The number of nitrogens with zero attached hydrogens (tertiary/aromatic N) is 1. The minimum Gasteiger partial charge on any atom is -0.486 e. The maximum Gasteiger partial charge on any atom is 0.230 e. The van der Waals surface area contributed by atoms with Crippen LogP contribution in [0, 0.1) is 0 Å². The molecule has 0 bridgehead atoms. The molecule has 1 aromatic heterocycles. The lowest BCUT2D eigenvalue weighted by molar-refractivity contribution is -0.119. The number of rotatable bonds is 5. The molecule has 1 aliphatic rings. The minimum absolute atomic E-state index is 0.0604. The highest BCUT2D eigenvalue weighted by Gasteiger charge is 2.21. The van der Waals surface area contributed by atoms with Crippen LogP contribution in [0.2, 0.25) is 5.02 Å². The van der Waals surface area contributed by atoms with Crippen molar-refractivity contribution in [3.8, 4) is 11.5 Å². The molecule has 0 saturated heterocycles. The lowest BCUT2D eigenvalue weighted by Crippen LogP contribution is -2.41. The summed E-state index contributed by atoms with van der Waals surface area (Å²) in [6, 6.07) is 13.1. The third-order valence-corrected chi connectivity index (χ3v) is 6.17. The number of hydrogen-bond acceptors (Lipinski definition) is 6. The average molecular weight is 407 g/mol. The number of para-hydroxylation sites is 2. The molecular formula is C18H15ClN2O3S2. The van der Waals surface area contributed by atoms with Crippen molar-refractivity contribution in [2.24, 2.45) is 0 Å². The van der Waals surface area contributed by atoms with E-state index < -0.39 is 0 Å². The van der Waals surface area contributed by atoms with Crippen molar-refractivity contribution >= 4 is 50.8 Å². The summed E-state index contributed by atoms with van der Waals surface area (Å²) in [5, 5.41) is 3.55. The van der Waals surface area contributed by atoms with Crippen molar-refractivity contribution < 1.29 is 14.3 Å². The maximum atomic E-state index is 12.1. The van der Waals surface area contributed by atoms with E-state index >= 15 is 0 Å². The first kappa shape index (κ1) is 17.5. The Hall–Kier alpha value is -1.96. The van der Waals surface area contributed by atoms with Gasteiger partial charge in [0.25, 0.3) is 0 Å². The Labute approximate surface area is 163 Å². The lowest BCUT2D eigenvalue weighted by Gasteiger charge is -2.26. The van der Waals surface area contributed by atoms with Crippen LogP contribution in [-0.2, 0) is 4.79 Å². The summed E-state index contributed by atoms with van der Waals surface area (Å²) in [4.78, 5) is 16.6. The monoisotopic (exact) mass is 406 g/mol. The predicted molar refractivity (Wildman–Crippen MR) is 105 cm³/mol. The van der Waals surface area contributed by atoms with E-state index in [4.69, 9.17) is 21.1 Å². The number of carbonyl (C=O) groups excluding carboxylic acids is 1. The summed E-state index contributed by atoms with van der Waals surface area (Å²) in [6.07, 6.45) is -0.191. The van der Waals surface area contributed by atoms with Crippen molar-refractivity contribution in [1.29, 1.82) is 0 Å². The first-order valence-electron chi connectivity index (χ1n) is 8.01. The molecule has 134 valence electrons. The summed E-state index contributed by atoms with van der Waals surface area (Å²) in [5.74, 6) is 1.69. The second-order valence-corrected chi connectivity index (χ2v) is 8.37. The number of thioether (sulfide) groups is 1. The Kier molecular flexibility index (Phi) is 5.19. The summed E-state index contributed by atoms with van der Waals surface area (Å²) in [7, 11) is 0. The molecule has 0 unspecified atom stereocenters. The Bertz CT molecular complexity index is 947. The molecule has 5 nitrogen and oxygen atoms in total. The molecular weight excluding hydrogens is 392 g/mol. The fraction of sp³-hybridized carbons (Fsp3) is 0.222. The first-order chi connectivity index (χ1) is 12.7. The zero-order valence-corrected chi connectivity index (χ0v) is 16.0. The summed E-state index contributed by atoms with van der Waals surface area (Å²) in [5.41, 5.74) is 0.858. The van der Waals surface area contributed by atoms with E-state index in [1.807, 2.05) is 42.5 Å². The molecule has 2 heterocycles. The first-order valence-corrected chi connectivity index (χ1v) is 10.2. The molecule has 8 heteroatoms. The molecule has 0 radical (unpaired) electrons. The number of carbonyl (C=O) groups is 1. The van der Waals surface area contributed by atoms with Gasteiger partial charge in [-0.15, -0.1) is 11.3 Å². The van der Waals surface area contributed by atoms with Gasteiger partial charge in [0.2, 0.25) is 5.91 Å². The molecule has 0 fully saturated rings. The zero-order valence-electron chi connectivity index (χ0n) is 13.6. The zero-order chi connectivity index (χ0) is 17.9. The van der Waals surface area contributed by atoms with Gasteiger partial charge in [-0.3, -0.25) is 4.79 Å². The summed E-state index contributed by atoms with van der Waals surface area (Å²) in [6.45, 7) is 0.826. The third-order valence-electron chi connectivity index (χ3n) is 3.75. The van der Waals surface area contributed by atoms with Crippen molar-refractivity contribution in [2.75, 3.05) is 18.9 Å². The molecule has 26 heavy (non-hydrogen) atoms. The Morgan fingerprint density at radius 3 is 3.04 bits per heavy atom. The van der Waals surface area contributed by atoms with Crippen LogP contribution in [0.5, 0.6) is 11.5 Å². The van der Waals surface area contributed by atoms with Crippen molar-refractivity contribution in [3.05, 3.63) is 47.5 Å². The maximum absolute atomic E-state index is 12.1. The fourth-order valence-electron chi connectivity index (χ4n) is 2.51. The van der Waals surface area contributed by atoms with Crippen LogP contribution in [0.25, 0.3) is 10.2 Å². The van der Waals surface area contributed by atoms with E-state index in [2.05, 4.69) is 10.3 Å². The Morgan fingerprint density at radius 2 is 2.15 bits per heavy atom. The third kappa shape index (κ3) is 4.06. The van der Waals surface area contributed by atoms with E-state index in [9.17, 15) is 4.79 Å². The lowest BCUT2D eigenvalue weighted by atomic mass is 10.2. The molecule has 3 aromatic rings. The van der Waals surface area contributed by atoms with Gasteiger partial charge in [0.1, 0.15) is 12.7 Å². The van der Waals surface area contributed by atoms with Crippen molar-refractivity contribution in [3.63, 3.8) is 0 Å². The fourth-order valence-corrected chi connectivity index (χ4v) is 4.56. The molecule has 4 rings (SSSR count). The van der Waals surface area contributed by atoms with Crippen LogP contribution in [0.3, 0.4) is 0 Å². The van der Waals surface area contributed by atoms with Crippen LogP contribution < -0.4 is 14.8 Å². The minimum atomic E-state index is -0.191. The van der Waals surface area contributed by atoms with E-state index in [1.165, 1.54) is 11.8 Å². The molecule has 1 amide bonds. The number of halogens is 1. The van der Waals surface area contributed by atoms with E-state index in [0.717, 1.165) is 20.3 Å². The number of thiazole rings is 1. The topological polar surface area (TPSA) is 60.5 Å². The number of aromatic nitrogens is 1. The van der Waals surface area contributed by atoms with Gasteiger partial charge in [0.15, 0.2) is 15.8 Å². The molecule has 0 spiro atoms. The van der Waals surface area contributed by atoms with Crippen LogP contribution in [-0.4, -0.2) is 35.9 Å². The molecule has 0 aliphatic carbocycles. The smallest absolute Gasteiger partial charge is 0.230 e. The second-order valence-electron chi connectivity index (χ2n) is 5.68. The average Bonchev–Trinajstić information content (AvgIpc) is 3.06. The van der Waals surface area contributed by atoms with E-state index in [1.54, 1.807) is 11.3 Å². The quantitative estimate of drug-likeness (QED) is 0.649. The second kappa shape index (κ2) is 7.73. The van der Waals surface area contributed by atoms with Gasteiger partial charge in [0.05, 0.1) is 22.5 Å². The molecule has 1 N–H and O–H groups in total. The van der Waals surface area contributed by atoms with Crippen LogP contribution >= 0.6 is 34.7 Å². The highest BCUT2D eigenvalue weighted by Crippen LogP contribution is 2.31. The molecule has 2 aromatic carbocycles. The number of ether oxygens (including phenoxy) is 2. The molecule has 0 saturated carbocycles.